The number of thiophene rings is 1. The van der Waals surface area contributed by atoms with Crippen molar-refractivity contribution in [2.24, 2.45) is 5.92 Å². The molecule has 1 amide bonds. The summed E-state index contributed by atoms with van der Waals surface area (Å²) in [4.78, 5) is 26.3. The lowest BCUT2D eigenvalue weighted by Gasteiger charge is -2.18. The second kappa shape index (κ2) is 8.96. The van der Waals surface area contributed by atoms with Crippen molar-refractivity contribution in [3.05, 3.63) is 45.6 Å². The minimum Gasteiger partial charge on any atom is -0.618 e. The van der Waals surface area contributed by atoms with Crippen LogP contribution in [0, 0.1) is 11.1 Å². The fourth-order valence-electron chi connectivity index (χ4n) is 3.15. The molecule has 0 spiro atoms. The molecule has 2 aromatic rings. The summed E-state index contributed by atoms with van der Waals surface area (Å²) in [7, 11) is 0. The summed E-state index contributed by atoms with van der Waals surface area (Å²) in [5, 5.41) is 15.6. The average molecular weight is 421 g/mol. The van der Waals surface area contributed by atoms with E-state index in [-0.39, 0.29) is 23.7 Å². The second-order valence-electron chi connectivity index (χ2n) is 7.21. The van der Waals surface area contributed by atoms with E-state index in [2.05, 4.69) is 12.2 Å². The summed E-state index contributed by atoms with van der Waals surface area (Å²) in [6.45, 7) is 5.82. The third kappa shape index (κ3) is 4.86. The lowest BCUT2D eigenvalue weighted by atomic mass is 9.88. The molecule has 1 aliphatic rings. The number of hydrogen-bond donors (Lipinski definition) is 1. The third-order valence-electron chi connectivity index (χ3n) is 4.45. The van der Waals surface area contributed by atoms with Gasteiger partial charge >= 0.3 is 5.97 Å². The quantitative estimate of drug-likeness (QED) is 0.333. The Balaban J connectivity index is 1.77. The molecule has 28 heavy (non-hydrogen) atoms. The number of amides is 1. The molecule has 1 N–H and O–H groups in total. The van der Waals surface area contributed by atoms with Crippen LogP contribution in [0.3, 0.4) is 0 Å². The number of thioether (sulfide) groups is 1. The minimum absolute atomic E-state index is 0.0872. The number of rotatable bonds is 6. The number of anilines is 1. The summed E-state index contributed by atoms with van der Waals surface area (Å²) < 4.78 is 6.15. The average Bonchev–Trinajstić information content (AvgIpc) is 2.97. The molecule has 2 heterocycles. The number of fused-ring (bicyclic) bond motifs is 1. The normalized spacial score (nSPS) is 15.9. The van der Waals surface area contributed by atoms with Gasteiger partial charge in [0.05, 0.1) is 17.4 Å². The van der Waals surface area contributed by atoms with Crippen LogP contribution in [0.4, 0.5) is 5.00 Å². The van der Waals surface area contributed by atoms with Gasteiger partial charge in [-0.05, 0) is 62.4 Å². The standard InChI is InChI=1S/C20H24N2O4S2/c1-12(2)26-20(24)18-14-8-7-13(3)10-15(14)28-19(18)21-16(23)11-27-17-6-4-5-9-22(17)25/h4-6,9,12-13H,7-8,10-11H2,1-3H3,(H,21,23). The van der Waals surface area contributed by atoms with Gasteiger partial charge in [0.15, 0.2) is 6.20 Å². The lowest BCUT2D eigenvalue weighted by Crippen LogP contribution is -2.28. The summed E-state index contributed by atoms with van der Waals surface area (Å²) in [5.41, 5.74) is 1.51. The van der Waals surface area contributed by atoms with Crippen LogP contribution in [-0.2, 0) is 22.4 Å². The van der Waals surface area contributed by atoms with Crippen LogP contribution in [0.5, 0.6) is 0 Å². The van der Waals surface area contributed by atoms with Crippen molar-refractivity contribution in [2.45, 2.75) is 51.2 Å². The molecule has 0 saturated heterocycles. The van der Waals surface area contributed by atoms with Gasteiger partial charge in [0.2, 0.25) is 5.91 Å². The van der Waals surface area contributed by atoms with Crippen LogP contribution in [0.15, 0.2) is 29.4 Å². The van der Waals surface area contributed by atoms with Crippen LogP contribution >= 0.6 is 23.1 Å². The van der Waals surface area contributed by atoms with Crippen molar-refractivity contribution >= 4 is 40.0 Å². The Hall–Kier alpha value is -2.06. The number of carbonyl (C=O) groups excluding carboxylic acids is 2. The molecule has 3 rings (SSSR count). The van der Waals surface area contributed by atoms with Crippen molar-refractivity contribution < 1.29 is 19.1 Å². The summed E-state index contributed by atoms with van der Waals surface area (Å²) in [6.07, 6.45) is 3.92. The lowest BCUT2D eigenvalue weighted by molar-refractivity contribution is -0.645. The van der Waals surface area contributed by atoms with E-state index in [9.17, 15) is 14.8 Å². The number of esters is 1. The molecule has 0 radical (unpaired) electrons. The largest absolute Gasteiger partial charge is 0.618 e. The van der Waals surface area contributed by atoms with Crippen LogP contribution in [0.1, 0.15) is 48.0 Å². The van der Waals surface area contributed by atoms with Crippen LogP contribution in [0.2, 0.25) is 0 Å². The van der Waals surface area contributed by atoms with Crippen LogP contribution in [-0.4, -0.2) is 23.7 Å². The first-order valence-corrected chi connectivity index (χ1v) is 11.1. The highest BCUT2D eigenvalue weighted by Gasteiger charge is 2.29. The van der Waals surface area contributed by atoms with Gasteiger partial charge in [0.25, 0.3) is 5.03 Å². The fraction of sp³-hybridized carbons (Fsp3) is 0.450. The van der Waals surface area contributed by atoms with E-state index in [1.165, 1.54) is 17.5 Å². The molecule has 1 unspecified atom stereocenters. The first kappa shape index (κ1) is 20.7. The molecule has 8 heteroatoms. The SMILES string of the molecule is CC1CCc2c(sc(NC(=O)CSc3cccc[n+]3[O-])c2C(=O)OC(C)C)C1. The van der Waals surface area contributed by atoms with Crippen LogP contribution < -0.4 is 10.0 Å². The molecule has 0 saturated carbocycles. The number of hydrogen-bond acceptors (Lipinski definition) is 6. The van der Waals surface area contributed by atoms with Gasteiger partial charge in [-0.3, -0.25) is 4.79 Å². The number of aromatic nitrogens is 1. The minimum atomic E-state index is -0.384. The van der Waals surface area contributed by atoms with Crippen molar-refractivity contribution in [2.75, 3.05) is 11.1 Å². The predicted molar refractivity (Wildman–Crippen MR) is 111 cm³/mol. The summed E-state index contributed by atoms with van der Waals surface area (Å²) >= 11 is 2.63. The molecular formula is C20H24N2O4S2. The van der Waals surface area contributed by atoms with Crippen molar-refractivity contribution in [3.63, 3.8) is 0 Å². The Morgan fingerprint density at radius 2 is 2.21 bits per heavy atom. The molecule has 6 nitrogen and oxygen atoms in total. The maximum absolute atomic E-state index is 12.7. The Kier molecular flexibility index (Phi) is 6.61. The molecule has 0 fully saturated rings. The number of pyridine rings is 1. The van der Waals surface area contributed by atoms with Gasteiger partial charge in [0.1, 0.15) is 5.00 Å². The van der Waals surface area contributed by atoms with E-state index in [1.807, 2.05) is 13.8 Å². The van der Waals surface area contributed by atoms with E-state index in [0.29, 0.717) is 21.5 Å². The first-order valence-electron chi connectivity index (χ1n) is 9.31. The van der Waals surface area contributed by atoms with Crippen molar-refractivity contribution in [1.82, 2.24) is 0 Å². The zero-order valence-corrected chi connectivity index (χ0v) is 17.8. The summed E-state index contributed by atoms with van der Waals surface area (Å²) in [6, 6.07) is 5.06. The highest BCUT2D eigenvalue weighted by molar-refractivity contribution is 7.99. The van der Waals surface area contributed by atoms with E-state index in [4.69, 9.17) is 4.74 Å². The molecule has 1 atom stereocenters. The predicted octanol–water partition coefficient (Wildman–Crippen LogP) is 3.80. The molecule has 0 aliphatic heterocycles. The van der Waals surface area contributed by atoms with Crippen molar-refractivity contribution in [1.29, 1.82) is 0 Å². The Labute approximate surface area is 172 Å². The Morgan fingerprint density at radius 3 is 2.93 bits per heavy atom. The summed E-state index contributed by atoms with van der Waals surface area (Å²) in [5.74, 6) is 0.0125. The highest BCUT2D eigenvalue weighted by atomic mass is 32.2. The first-order chi connectivity index (χ1) is 13.3. The zero-order valence-electron chi connectivity index (χ0n) is 16.2. The highest BCUT2D eigenvalue weighted by Crippen LogP contribution is 2.40. The van der Waals surface area contributed by atoms with Gasteiger partial charge in [-0.15, -0.1) is 11.3 Å². The number of nitrogens with one attached hydrogen (secondary N) is 1. The topological polar surface area (TPSA) is 82.3 Å². The Bertz CT molecular complexity index is 879. The molecule has 150 valence electrons. The van der Waals surface area contributed by atoms with Gasteiger partial charge in [-0.2, -0.15) is 4.73 Å². The van der Waals surface area contributed by atoms with Crippen molar-refractivity contribution in [3.8, 4) is 0 Å². The van der Waals surface area contributed by atoms with E-state index >= 15 is 0 Å². The maximum atomic E-state index is 12.7. The monoisotopic (exact) mass is 420 g/mol. The molecule has 1 aliphatic carbocycles. The van der Waals surface area contributed by atoms with Gasteiger partial charge in [0, 0.05) is 17.0 Å². The molecule has 0 bridgehead atoms. The van der Waals surface area contributed by atoms with Gasteiger partial charge in [-0.25, -0.2) is 4.79 Å². The van der Waals surface area contributed by atoms with E-state index in [1.54, 1.807) is 18.2 Å². The second-order valence-corrected chi connectivity index (χ2v) is 9.31. The fourth-order valence-corrected chi connectivity index (χ4v) is 5.28. The molecule has 0 aromatic carbocycles. The molecule has 2 aromatic heterocycles. The van der Waals surface area contributed by atoms with Gasteiger partial charge in [-0.1, -0.05) is 6.92 Å². The smallest absolute Gasteiger partial charge is 0.341 e. The zero-order chi connectivity index (χ0) is 20.3. The number of ether oxygens (including phenoxy) is 1. The number of nitrogens with zero attached hydrogens (tertiary/aromatic N) is 1. The van der Waals surface area contributed by atoms with Gasteiger partial charge < -0.3 is 15.3 Å². The Morgan fingerprint density at radius 1 is 1.43 bits per heavy atom. The third-order valence-corrected chi connectivity index (χ3v) is 6.64. The van der Waals surface area contributed by atoms with E-state index in [0.717, 1.165) is 46.2 Å². The van der Waals surface area contributed by atoms with E-state index < -0.39 is 0 Å². The maximum Gasteiger partial charge on any atom is 0.341 e. The molecular weight excluding hydrogens is 396 g/mol. The number of carbonyl (C=O) groups is 2. The van der Waals surface area contributed by atoms with Crippen LogP contribution in [0.25, 0.3) is 0 Å².